The average molecular weight is 373 g/mol. The maximum atomic E-state index is 12.2. The summed E-state index contributed by atoms with van der Waals surface area (Å²) in [7, 11) is -2.21. The largest absolute Gasteiger partial charge is 0.481 e. The molecule has 0 aliphatic rings. The van der Waals surface area contributed by atoms with E-state index in [0.717, 1.165) is 0 Å². The molecule has 0 saturated heterocycles. The van der Waals surface area contributed by atoms with Gasteiger partial charge in [0.1, 0.15) is 16.2 Å². The van der Waals surface area contributed by atoms with Gasteiger partial charge in [-0.2, -0.15) is 0 Å². The normalized spacial score (nSPS) is 14.4. The highest BCUT2D eigenvalue weighted by Gasteiger charge is 2.30. The molecular weight excluding hydrogens is 365 g/mol. The molecule has 0 aliphatic carbocycles. The van der Waals surface area contributed by atoms with Crippen LogP contribution in [0.25, 0.3) is 0 Å². The summed E-state index contributed by atoms with van der Waals surface area (Å²) in [6.45, 7) is 0. The molecule has 1 atom stereocenters. The summed E-state index contributed by atoms with van der Waals surface area (Å²) in [5, 5.41) is 8.66. The van der Waals surface area contributed by atoms with Gasteiger partial charge in [0.15, 0.2) is 0 Å². The van der Waals surface area contributed by atoms with Crippen molar-refractivity contribution in [2.75, 3.05) is 13.3 Å². The Morgan fingerprint density at radius 3 is 2.62 bits per heavy atom. The minimum absolute atomic E-state index is 0.132. The van der Waals surface area contributed by atoms with Gasteiger partial charge in [0, 0.05) is 7.11 Å². The van der Waals surface area contributed by atoms with E-state index in [4.69, 9.17) is 9.63 Å². The topological polar surface area (TPSA) is 76.5 Å². The van der Waals surface area contributed by atoms with Gasteiger partial charge in [0.25, 0.3) is 7.37 Å². The Balaban J connectivity index is 3.18. The maximum Gasteiger partial charge on any atom is 0.313 e. The smallest absolute Gasteiger partial charge is 0.313 e. The highest BCUT2D eigenvalue weighted by Crippen LogP contribution is 2.44. The van der Waals surface area contributed by atoms with E-state index in [9.17, 15) is 9.36 Å². The number of carboxylic acid groups (broad SMARTS) is 1. The predicted octanol–water partition coefficient (Wildman–Crippen LogP) is 2.24. The molecule has 1 rings (SSSR count). The van der Waals surface area contributed by atoms with Crippen LogP contribution in [-0.2, 0) is 13.9 Å². The first-order chi connectivity index (χ1) is 7.39. The van der Waals surface area contributed by atoms with Crippen LogP contribution in [0.15, 0.2) is 21.2 Å². The van der Waals surface area contributed by atoms with E-state index < -0.39 is 19.5 Å². The van der Waals surface area contributed by atoms with Gasteiger partial charge in [-0.3, -0.25) is 9.36 Å². The Morgan fingerprint density at radius 1 is 1.56 bits per heavy atom. The molecule has 1 N–H and O–H groups in total. The van der Waals surface area contributed by atoms with Gasteiger partial charge in [-0.1, -0.05) is 0 Å². The lowest BCUT2D eigenvalue weighted by Gasteiger charge is -2.13. The molecule has 0 aromatic carbocycles. The Kier molecular flexibility index (Phi) is 4.67. The second kappa shape index (κ2) is 5.40. The summed E-state index contributed by atoms with van der Waals surface area (Å²) in [5.74, 6) is -1.19. The van der Waals surface area contributed by atoms with Gasteiger partial charge < -0.3 is 9.63 Å². The highest BCUT2D eigenvalue weighted by atomic mass is 79.9. The quantitative estimate of drug-likeness (QED) is 0.647. The molecule has 0 aliphatic heterocycles. The maximum absolute atomic E-state index is 12.2. The van der Waals surface area contributed by atoms with Crippen LogP contribution in [0.4, 0.5) is 0 Å². The van der Waals surface area contributed by atoms with Crippen LogP contribution in [0.1, 0.15) is 0 Å². The third-order valence-corrected chi connectivity index (χ3v) is 5.78. The highest BCUT2D eigenvalue weighted by molar-refractivity contribution is 9.13. The van der Waals surface area contributed by atoms with Crippen molar-refractivity contribution in [3.8, 4) is 0 Å². The Morgan fingerprint density at radius 2 is 2.19 bits per heavy atom. The molecule has 0 spiro atoms. The molecule has 5 nitrogen and oxygen atoms in total. The molecule has 0 bridgehead atoms. The number of carbonyl (C=O) groups is 1. The first-order valence-corrected chi connectivity index (χ1v) is 7.48. The van der Waals surface area contributed by atoms with E-state index in [-0.39, 0.29) is 5.44 Å². The lowest BCUT2D eigenvalue weighted by molar-refractivity contribution is -0.134. The van der Waals surface area contributed by atoms with Crippen LogP contribution in [-0.4, -0.2) is 29.3 Å². The molecule has 1 unspecified atom stereocenters. The minimum Gasteiger partial charge on any atom is -0.481 e. The fourth-order valence-corrected chi connectivity index (χ4v) is 3.08. The first-order valence-electron chi connectivity index (χ1n) is 4.08. The molecule has 0 fully saturated rings. The number of rotatable bonds is 4. The van der Waals surface area contributed by atoms with E-state index in [0.29, 0.717) is 9.08 Å². The van der Waals surface area contributed by atoms with E-state index in [1.165, 1.54) is 13.2 Å². The number of carboxylic acids is 1. The van der Waals surface area contributed by atoms with Gasteiger partial charge in [-0.25, -0.2) is 4.98 Å². The monoisotopic (exact) mass is 371 g/mol. The second-order valence-electron chi connectivity index (χ2n) is 2.85. The zero-order valence-electron chi connectivity index (χ0n) is 8.18. The van der Waals surface area contributed by atoms with Crippen LogP contribution in [0, 0.1) is 0 Å². The second-order valence-corrected chi connectivity index (χ2v) is 6.94. The lowest BCUT2D eigenvalue weighted by atomic mass is 10.5. The lowest BCUT2D eigenvalue weighted by Crippen LogP contribution is -2.17. The van der Waals surface area contributed by atoms with Crippen molar-refractivity contribution < 1.29 is 19.0 Å². The van der Waals surface area contributed by atoms with E-state index >= 15 is 0 Å². The summed E-state index contributed by atoms with van der Waals surface area (Å²) in [6, 6.07) is 3.10. The van der Waals surface area contributed by atoms with Crippen LogP contribution in [0.3, 0.4) is 0 Å². The number of aliphatic carboxylic acids is 1. The fourth-order valence-electron chi connectivity index (χ4n) is 1.01. The zero-order chi connectivity index (χ0) is 12.3. The summed E-state index contributed by atoms with van der Waals surface area (Å²) in [5.41, 5.74) is 0.132. The van der Waals surface area contributed by atoms with Crippen LogP contribution >= 0.6 is 39.2 Å². The van der Waals surface area contributed by atoms with Crippen molar-refractivity contribution in [2.45, 2.75) is 0 Å². The van der Waals surface area contributed by atoms with Gasteiger partial charge in [-0.05, 0) is 44.0 Å². The number of hydrogen-bond acceptors (Lipinski definition) is 4. The van der Waals surface area contributed by atoms with Crippen molar-refractivity contribution in [3.63, 3.8) is 0 Å². The number of aromatic nitrogens is 1. The third kappa shape index (κ3) is 3.13. The average Bonchev–Trinajstić information content (AvgIpc) is 2.21. The zero-order valence-corrected chi connectivity index (χ0v) is 12.3. The molecule has 16 heavy (non-hydrogen) atoms. The number of pyridine rings is 1. The fraction of sp³-hybridized carbons (Fsp3) is 0.250. The Hall–Kier alpha value is -0.230. The molecule has 8 heteroatoms. The van der Waals surface area contributed by atoms with Crippen molar-refractivity contribution >= 4 is 50.6 Å². The van der Waals surface area contributed by atoms with Crippen LogP contribution < -0.4 is 5.44 Å². The van der Waals surface area contributed by atoms with Gasteiger partial charge >= 0.3 is 5.97 Å². The summed E-state index contributed by atoms with van der Waals surface area (Å²) in [4.78, 5) is 14.6. The van der Waals surface area contributed by atoms with Crippen LogP contribution in [0.5, 0.6) is 0 Å². The first kappa shape index (κ1) is 13.8. The van der Waals surface area contributed by atoms with Crippen molar-refractivity contribution in [1.82, 2.24) is 4.98 Å². The standard InChI is InChI=1S/C8H8Br2NO4P/c1-15-16(14,4-7(12)13)6-3-2-5(9)8(10)11-6/h2-3H,4H2,1H3,(H,12,13). The van der Waals surface area contributed by atoms with Crippen molar-refractivity contribution in [1.29, 1.82) is 0 Å². The summed E-state index contributed by atoms with van der Waals surface area (Å²) >= 11 is 6.36. The molecule has 0 amide bonds. The van der Waals surface area contributed by atoms with Gasteiger partial charge in [-0.15, -0.1) is 0 Å². The third-order valence-electron chi connectivity index (χ3n) is 1.78. The Bertz CT molecular complexity index is 465. The molecule has 88 valence electrons. The molecular formula is C8H8Br2NO4P. The molecule has 0 saturated carbocycles. The van der Waals surface area contributed by atoms with Gasteiger partial charge in [0.05, 0.1) is 4.47 Å². The van der Waals surface area contributed by atoms with Crippen molar-refractivity contribution in [2.24, 2.45) is 0 Å². The van der Waals surface area contributed by atoms with Gasteiger partial charge in [0.2, 0.25) is 0 Å². The summed E-state index contributed by atoms with van der Waals surface area (Å²) in [6.07, 6.45) is -0.579. The molecule has 1 aromatic heterocycles. The number of hydrogen-bond donors (Lipinski definition) is 1. The SMILES string of the molecule is COP(=O)(CC(=O)O)c1ccc(Br)c(Br)n1. The van der Waals surface area contributed by atoms with E-state index in [1.807, 2.05) is 0 Å². The molecule has 0 radical (unpaired) electrons. The van der Waals surface area contributed by atoms with Crippen molar-refractivity contribution in [3.05, 3.63) is 21.2 Å². The number of nitrogens with zero attached hydrogens (tertiary/aromatic N) is 1. The predicted molar refractivity (Wildman–Crippen MR) is 66.4 cm³/mol. The summed E-state index contributed by atoms with van der Waals surface area (Å²) < 4.78 is 18.1. The van der Waals surface area contributed by atoms with Crippen LogP contribution in [0.2, 0.25) is 0 Å². The number of halogens is 2. The Labute approximate surface area is 109 Å². The van der Waals surface area contributed by atoms with E-state index in [2.05, 4.69) is 36.8 Å². The van der Waals surface area contributed by atoms with E-state index in [1.54, 1.807) is 6.07 Å². The minimum atomic E-state index is -3.42. The molecule has 1 heterocycles. The molecule has 1 aromatic rings.